The van der Waals surface area contributed by atoms with Crippen LogP contribution in [0.2, 0.25) is 0 Å². The predicted molar refractivity (Wildman–Crippen MR) is 170 cm³/mol. The van der Waals surface area contributed by atoms with Crippen molar-refractivity contribution in [2.75, 3.05) is 26.9 Å². The summed E-state index contributed by atoms with van der Waals surface area (Å²) in [6.45, 7) is 11.4. The number of likely N-dealkylation sites (N-methyl/N-ethyl adjacent to an activating group) is 3. The van der Waals surface area contributed by atoms with Gasteiger partial charge in [0.25, 0.3) is 17.7 Å². The molecule has 3 amide bonds. The smallest absolute Gasteiger partial charge is 0.329 e. The van der Waals surface area contributed by atoms with Crippen molar-refractivity contribution in [3.8, 4) is 0 Å². The maximum Gasteiger partial charge on any atom is 0.329 e. The Labute approximate surface area is 271 Å². The van der Waals surface area contributed by atoms with Crippen LogP contribution in [0.1, 0.15) is 66.9 Å². The molecule has 2 rings (SSSR count). The zero-order valence-corrected chi connectivity index (χ0v) is 28.6. The van der Waals surface area contributed by atoms with Crippen LogP contribution in [0.5, 0.6) is 0 Å². The fourth-order valence-electron chi connectivity index (χ4n) is 5.29. The second kappa shape index (κ2) is 16.4. The molecule has 1 aliphatic rings. The molecule has 1 aromatic rings. The fourth-order valence-corrected chi connectivity index (χ4v) is 5.29. The number of anilines is 1. The average Bonchev–Trinajstić information content (AvgIpc) is 3.02. The van der Waals surface area contributed by atoms with Gasteiger partial charge >= 0.3 is 17.9 Å². The number of amides is 3. The molecule has 0 spiro atoms. The molecule has 1 heterocycles. The van der Waals surface area contributed by atoms with Crippen molar-refractivity contribution in [3.63, 3.8) is 0 Å². The second-order valence-corrected chi connectivity index (χ2v) is 12.2. The molecule has 2 N–H and O–H groups in total. The minimum Gasteiger partial charge on any atom is -0.451 e. The molecule has 1 saturated heterocycles. The molecule has 0 aliphatic carbocycles. The van der Waals surface area contributed by atoms with E-state index in [0.717, 1.165) is 9.80 Å². The van der Waals surface area contributed by atoms with Gasteiger partial charge in [-0.25, -0.2) is 14.4 Å². The lowest BCUT2D eigenvalue weighted by atomic mass is 9.96. The van der Waals surface area contributed by atoms with Crippen LogP contribution < -0.4 is 5.73 Å². The Morgan fingerprint density at radius 2 is 1.07 bits per heavy atom. The summed E-state index contributed by atoms with van der Waals surface area (Å²) < 4.78 is 16.9. The molecule has 1 aliphatic heterocycles. The summed E-state index contributed by atoms with van der Waals surface area (Å²) in [6, 6.07) is 3.30. The van der Waals surface area contributed by atoms with Gasteiger partial charge in [-0.1, -0.05) is 52.7 Å². The van der Waals surface area contributed by atoms with Crippen molar-refractivity contribution in [3.05, 3.63) is 29.8 Å². The molecule has 46 heavy (non-hydrogen) atoms. The normalized spacial score (nSPS) is 27.7. The topological polar surface area (TPSA) is 166 Å². The third kappa shape index (κ3) is 8.97. The van der Waals surface area contributed by atoms with E-state index in [1.165, 1.54) is 46.8 Å². The van der Waals surface area contributed by atoms with Crippen LogP contribution in [0.25, 0.3) is 0 Å². The van der Waals surface area contributed by atoms with Gasteiger partial charge in [0.2, 0.25) is 0 Å². The number of ether oxygens (including phenoxy) is 3. The second-order valence-electron chi connectivity index (χ2n) is 12.2. The van der Waals surface area contributed by atoms with Crippen LogP contribution in [0.3, 0.4) is 0 Å². The first-order valence-corrected chi connectivity index (χ1v) is 15.7. The van der Waals surface area contributed by atoms with Gasteiger partial charge in [0.15, 0.2) is 18.3 Å². The Balaban J connectivity index is 2.69. The van der Waals surface area contributed by atoms with Crippen LogP contribution in [0.15, 0.2) is 24.3 Å². The largest absolute Gasteiger partial charge is 0.451 e. The summed E-state index contributed by atoms with van der Waals surface area (Å²) in [5.41, 5.74) is 6.99. The van der Waals surface area contributed by atoms with Gasteiger partial charge in [-0.3, -0.25) is 14.4 Å². The summed E-state index contributed by atoms with van der Waals surface area (Å²) in [5, 5.41) is 0. The number of esters is 3. The van der Waals surface area contributed by atoms with E-state index in [1.54, 1.807) is 38.1 Å². The summed E-state index contributed by atoms with van der Waals surface area (Å²) in [5.74, 6) is -5.36. The highest BCUT2D eigenvalue weighted by molar-refractivity contribution is 5.93. The Bertz CT molecular complexity index is 1260. The minimum absolute atomic E-state index is 0.0477. The summed E-state index contributed by atoms with van der Waals surface area (Å²) in [7, 11) is 4.18. The Morgan fingerprint density at radius 3 is 1.54 bits per heavy atom. The number of carbonyl (C=O) groups excluding carboxylic acids is 6. The SMILES string of the molecule is CCC(C)[C@H]1C(=O)O[C@H](Cc2ccc(N)cc2)C(=O)N(C)[C@@H](C(C)CC)C(=O)O[C@H](C)C(=O)N(C)[C@@H](C)C(=O)O[C@H](C)C(=O)N1C. The third-order valence-corrected chi connectivity index (χ3v) is 8.86. The molecular formula is C33H50N4O9. The standard InChI is InChI=1S/C33H50N4O9/c1-11-18(3)26-32(42)45-21(6)28(38)35(8)20(5)31(41)44-22(7)29(39)36(9)27(19(4)12-2)33(43)46-25(30(40)37(26)10)17-23-13-15-24(34)16-14-23/h13-16,18-22,25-27H,11-12,17,34H2,1-10H3/t18?,19?,20-,21+,22+,25+,26-,27-/m0/s1. The van der Waals surface area contributed by atoms with Gasteiger partial charge in [0.1, 0.15) is 18.1 Å². The summed E-state index contributed by atoms with van der Waals surface area (Å²) >= 11 is 0. The van der Waals surface area contributed by atoms with E-state index in [0.29, 0.717) is 24.1 Å². The monoisotopic (exact) mass is 646 g/mol. The van der Waals surface area contributed by atoms with E-state index < -0.39 is 83.9 Å². The highest BCUT2D eigenvalue weighted by Gasteiger charge is 2.42. The van der Waals surface area contributed by atoms with E-state index in [2.05, 4.69) is 0 Å². The average molecular weight is 647 g/mol. The first-order chi connectivity index (χ1) is 21.5. The highest BCUT2D eigenvalue weighted by atomic mass is 16.6. The number of cyclic esters (lactones) is 3. The Hall–Kier alpha value is -4.16. The Kier molecular flexibility index (Phi) is 13.6. The minimum atomic E-state index is -1.39. The van der Waals surface area contributed by atoms with E-state index >= 15 is 0 Å². The van der Waals surface area contributed by atoms with Crippen molar-refractivity contribution in [2.24, 2.45) is 11.8 Å². The molecule has 13 nitrogen and oxygen atoms in total. The lowest BCUT2D eigenvalue weighted by Gasteiger charge is -2.36. The molecule has 0 radical (unpaired) electrons. The van der Waals surface area contributed by atoms with Crippen molar-refractivity contribution in [1.82, 2.24) is 14.7 Å². The first kappa shape index (κ1) is 38.0. The molecule has 8 atom stereocenters. The van der Waals surface area contributed by atoms with Crippen LogP contribution in [-0.4, -0.2) is 108 Å². The number of rotatable bonds is 6. The quantitative estimate of drug-likeness (QED) is 0.275. The van der Waals surface area contributed by atoms with Crippen LogP contribution in [0.4, 0.5) is 5.69 Å². The molecule has 0 saturated carbocycles. The number of nitrogens with two attached hydrogens (primary N) is 1. The van der Waals surface area contributed by atoms with Crippen LogP contribution in [0, 0.1) is 11.8 Å². The van der Waals surface area contributed by atoms with Crippen LogP contribution in [-0.2, 0) is 49.4 Å². The zero-order chi connectivity index (χ0) is 35.0. The maximum atomic E-state index is 14.2. The molecule has 1 aromatic carbocycles. The molecule has 13 heteroatoms. The summed E-state index contributed by atoms with van der Waals surface area (Å²) in [4.78, 5) is 84.8. The molecule has 256 valence electrons. The van der Waals surface area contributed by atoms with Crippen molar-refractivity contribution < 1.29 is 43.0 Å². The van der Waals surface area contributed by atoms with E-state index in [-0.39, 0.29) is 6.42 Å². The maximum absolute atomic E-state index is 14.2. The van der Waals surface area contributed by atoms with Gasteiger partial charge in [0, 0.05) is 33.3 Å². The highest BCUT2D eigenvalue weighted by Crippen LogP contribution is 2.23. The molecule has 0 aromatic heterocycles. The number of hydrogen-bond acceptors (Lipinski definition) is 10. The van der Waals surface area contributed by atoms with Crippen LogP contribution >= 0.6 is 0 Å². The fraction of sp³-hybridized carbons (Fsp3) is 0.636. The van der Waals surface area contributed by atoms with Crippen molar-refractivity contribution in [1.29, 1.82) is 0 Å². The molecule has 1 fully saturated rings. The lowest BCUT2D eigenvalue weighted by Crippen LogP contribution is -2.56. The number of hydrogen-bond donors (Lipinski definition) is 1. The molecule has 0 bridgehead atoms. The van der Waals surface area contributed by atoms with Gasteiger partial charge in [0.05, 0.1) is 0 Å². The van der Waals surface area contributed by atoms with Gasteiger partial charge in [-0.05, 0) is 50.3 Å². The third-order valence-electron chi connectivity index (χ3n) is 8.86. The van der Waals surface area contributed by atoms with Gasteiger partial charge in [-0.15, -0.1) is 0 Å². The molecule has 2 unspecified atom stereocenters. The predicted octanol–water partition coefficient (Wildman–Crippen LogP) is 2.19. The van der Waals surface area contributed by atoms with Crippen molar-refractivity contribution in [2.45, 2.75) is 104 Å². The number of nitrogen functional groups attached to an aromatic ring is 1. The Morgan fingerprint density at radius 1 is 0.652 bits per heavy atom. The van der Waals surface area contributed by atoms with E-state index in [9.17, 15) is 28.8 Å². The number of carbonyl (C=O) groups is 6. The number of benzene rings is 1. The zero-order valence-electron chi connectivity index (χ0n) is 28.6. The first-order valence-electron chi connectivity index (χ1n) is 15.7. The lowest BCUT2D eigenvalue weighted by molar-refractivity contribution is -0.177. The van der Waals surface area contributed by atoms with E-state index in [1.807, 2.05) is 13.8 Å². The van der Waals surface area contributed by atoms with E-state index in [4.69, 9.17) is 19.9 Å². The number of nitrogens with zero attached hydrogens (tertiary/aromatic N) is 3. The van der Waals surface area contributed by atoms with Crippen molar-refractivity contribution >= 4 is 41.3 Å². The van der Waals surface area contributed by atoms with Gasteiger partial charge in [-0.2, -0.15) is 0 Å². The van der Waals surface area contributed by atoms with Gasteiger partial charge < -0.3 is 34.6 Å². The summed E-state index contributed by atoms with van der Waals surface area (Å²) in [6.07, 6.45) is -3.11. The molecular weight excluding hydrogens is 596 g/mol.